The first-order valence-corrected chi connectivity index (χ1v) is 9.35. The maximum Gasteiger partial charge on any atom is 0.128 e. The molecular formula is C24H17F2N3. The third kappa shape index (κ3) is 3.05. The Hall–Kier alpha value is -3.60. The number of fused-ring (bicyclic) bond motifs is 3. The second kappa shape index (κ2) is 6.78. The van der Waals surface area contributed by atoms with Crippen LogP contribution in [0, 0.1) is 18.6 Å². The van der Waals surface area contributed by atoms with Crippen LogP contribution in [0.1, 0.15) is 11.1 Å². The molecule has 5 heteroatoms. The van der Waals surface area contributed by atoms with Crippen molar-refractivity contribution in [2.24, 2.45) is 0 Å². The smallest absolute Gasteiger partial charge is 0.128 e. The first kappa shape index (κ1) is 17.5. The van der Waals surface area contributed by atoms with E-state index in [1.54, 1.807) is 24.3 Å². The molecule has 0 aromatic heterocycles. The van der Waals surface area contributed by atoms with E-state index in [1.165, 1.54) is 18.2 Å². The molecule has 2 heterocycles. The molecule has 0 unspecified atom stereocenters. The lowest BCUT2D eigenvalue weighted by Crippen LogP contribution is -2.05. The van der Waals surface area contributed by atoms with Gasteiger partial charge < -0.3 is 4.57 Å². The van der Waals surface area contributed by atoms with Crippen molar-refractivity contribution in [3.8, 4) is 22.5 Å². The molecule has 3 nitrogen and oxygen atoms in total. The number of hydrogen-bond donors (Lipinski definition) is 0. The van der Waals surface area contributed by atoms with Gasteiger partial charge in [-0.15, -0.1) is 10.2 Å². The summed E-state index contributed by atoms with van der Waals surface area (Å²) in [6.45, 7) is 2.41. The largest absolute Gasteiger partial charge is 0.342 e. The molecule has 0 atom stereocenters. The molecule has 0 N–H and O–H groups in total. The summed E-state index contributed by atoms with van der Waals surface area (Å²) in [4.78, 5) is 0. The van der Waals surface area contributed by atoms with Crippen molar-refractivity contribution >= 4 is 10.9 Å². The van der Waals surface area contributed by atoms with Gasteiger partial charge in [0.25, 0.3) is 0 Å². The number of benzene rings is 3. The molecule has 0 aliphatic carbocycles. The van der Waals surface area contributed by atoms with Gasteiger partial charge in [0, 0.05) is 28.3 Å². The number of aryl methyl sites for hydroxylation is 1. The van der Waals surface area contributed by atoms with Crippen LogP contribution in [0.2, 0.25) is 0 Å². The number of pyridine rings is 1. The lowest BCUT2D eigenvalue weighted by atomic mass is 10.0. The highest BCUT2D eigenvalue weighted by Crippen LogP contribution is 2.37. The molecule has 5 rings (SSSR count). The monoisotopic (exact) mass is 385 g/mol. The van der Waals surface area contributed by atoms with Crippen molar-refractivity contribution in [1.29, 1.82) is 0 Å². The van der Waals surface area contributed by atoms with Crippen molar-refractivity contribution in [1.82, 2.24) is 14.8 Å². The van der Waals surface area contributed by atoms with Gasteiger partial charge in [-0.05, 0) is 49.4 Å². The summed E-state index contributed by atoms with van der Waals surface area (Å²) in [7, 11) is 0. The lowest BCUT2D eigenvalue weighted by Gasteiger charge is -2.16. The van der Waals surface area contributed by atoms with E-state index < -0.39 is 0 Å². The molecule has 142 valence electrons. The Kier molecular flexibility index (Phi) is 4.09. The van der Waals surface area contributed by atoms with E-state index in [0.29, 0.717) is 17.8 Å². The molecule has 29 heavy (non-hydrogen) atoms. The zero-order valence-corrected chi connectivity index (χ0v) is 15.7. The van der Waals surface area contributed by atoms with Crippen LogP contribution in [0.4, 0.5) is 8.78 Å². The second-order valence-corrected chi connectivity index (χ2v) is 7.19. The molecule has 0 saturated heterocycles. The number of rotatable bonds is 3. The van der Waals surface area contributed by atoms with Gasteiger partial charge in [-0.3, -0.25) is 0 Å². The lowest BCUT2D eigenvalue weighted by molar-refractivity contribution is 0.601. The molecule has 0 amide bonds. The average molecular weight is 385 g/mol. The molecule has 0 radical (unpaired) electrons. The van der Waals surface area contributed by atoms with Crippen molar-refractivity contribution < 1.29 is 8.78 Å². The summed E-state index contributed by atoms with van der Waals surface area (Å²) in [6, 6.07) is 19.1. The highest BCUT2D eigenvalue weighted by atomic mass is 19.1. The van der Waals surface area contributed by atoms with Crippen LogP contribution in [-0.4, -0.2) is 14.8 Å². The number of nitrogens with zero attached hydrogens (tertiary/aromatic N) is 3. The molecule has 3 aromatic rings. The first-order chi connectivity index (χ1) is 14.1. The normalized spacial score (nSPS) is 11.4. The molecular weight excluding hydrogens is 368 g/mol. The average Bonchev–Trinajstić information content (AvgIpc) is 3.14. The van der Waals surface area contributed by atoms with Gasteiger partial charge in [0.05, 0.1) is 12.1 Å². The van der Waals surface area contributed by atoms with E-state index in [1.807, 2.05) is 35.9 Å². The van der Waals surface area contributed by atoms with Gasteiger partial charge in [-0.1, -0.05) is 29.8 Å². The Morgan fingerprint density at radius 1 is 0.862 bits per heavy atom. The van der Waals surface area contributed by atoms with Gasteiger partial charge >= 0.3 is 0 Å². The summed E-state index contributed by atoms with van der Waals surface area (Å²) in [5.74, 6) is -0.536. The summed E-state index contributed by atoms with van der Waals surface area (Å²) in [6.07, 6.45) is 1.96. The van der Waals surface area contributed by atoms with Crippen LogP contribution in [0.5, 0.6) is 0 Å². The van der Waals surface area contributed by atoms with E-state index in [0.717, 1.165) is 33.3 Å². The Bertz CT molecular complexity index is 1310. The summed E-state index contributed by atoms with van der Waals surface area (Å²) >= 11 is 0. The minimum Gasteiger partial charge on any atom is -0.342 e. The third-order valence-corrected chi connectivity index (χ3v) is 5.18. The van der Waals surface area contributed by atoms with Crippen LogP contribution < -0.4 is 0 Å². The maximum atomic E-state index is 14.3. The minimum atomic E-state index is -0.298. The van der Waals surface area contributed by atoms with Crippen LogP contribution in [0.3, 0.4) is 0 Å². The topological polar surface area (TPSA) is 30.7 Å². The quantitative estimate of drug-likeness (QED) is 0.391. The minimum absolute atomic E-state index is 0.238. The van der Waals surface area contributed by atoms with E-state index in [9.17, 15) is 8.78 Å². The molecule has 0 bridgehead atoms. The highest BCUT2D eigenvalue weighted by Gasteiger charge is 2.20. The summed E-state index contributed by atoms with van der Waals surface area (Å²) in [5.41, 5.74) is 5.78. The highest BCUT2D eigenvalue weighted by molar-refractivity contribution is 5.98. The van der Waals surface area contributed by atoms with Crippen LogP contribution in [0.25, 0.3) is 33.4 Å². The fourth-order valence-electron chi connectivity index (χ4n) is 3.72. The molecule has 0 saturated carbocycles. The number of hydrogen-bond acceptors (Lipinski definition) is 2. The Labute approximate surface area is 166 Å². The zero-order valence-electron chi connectivity index (χ0n) is 15.7. The van der Waals surface area contributed by atoms with Gasteiger partial charge in [0.1, 0.15) is 23.0 Å². The third-order valence-electron chi connectivity index (χ3n) is 5.18. The summed E-state index contributed by atoms with van der Waals surface area (Å²) in [5, 5.41) is 9.76. The predicted octanol–water partition coefficient (Wildman–Crippen LogP) is 5.84. The van der Waals surface area contributed by atoms with Gasteiger partial charge in [-0.2, -0.15) is 0 Å². The summed E-state index contributed by atoms with van der Waals surface area (Å²) < 4.78 is 29.7. The Morgan fingerprint density at radius 2 is 1.62 bits per heavy atom. The fourth-order valence-corrected chi connectivity index (χ4v) is 3.72. The number of halogens is 2. The molecule has 2 aliphatic heterocycles. The van der Waals surface area contributed by atoms with Crippen molar-refractivity contribution in [2.75, 3.05) is 0 Å². The molecule has 0 spiro atoms. The maximum absolute atomic E-state index is 14.3. The van der Waals surface area contributed by atoms with E-state index in [4.69, 9.17) is 0 Å². The fraction of sp³-hybridized carbons (Fsp3) is 0.0833. The van der Waals surface area contributed by atoms with E-state index >= 15 is 0 Å². The van der Waals surface area contributed by atoms with Crippen LogP contribution >= 0.6 is 0 Å². The van der Waals surface area contributed by atoms with Crippen LogP contribution in [0.15, 0.2) is 72.9 Å². The van der Waals surface area contributed by atoms with Crippen molar-refractivity contribution in [3.05, 3.63) is 95.7 Å². The van der Waals surface area contributed by atoms with E-state index in [-0.39, 0.29) is 11.6 Å². The van der Waals surface area contributed by atoms with Gasteiger partial charge in [0.2, 0.25) is 0 Å². The Morgan fingerprint density at radius 3 is 2.41 bits per heavy atom. The first-order valence-electron chi connectivity index (χ1n) is 9.35. The predicted molar refractivity (Wildman–Crippen MR) is 110 cm³/mol. The Balaban J connectivity index is 1.75. The molecule has 2 aliphatic rings. The zero-order chi connectivity index (χ0) is 20.0. The second-order valence-electron chi connectivity index (χ2n) is 7.19. The van der Waals surface area contributed by atoms with Crippen LogP contribution in [-0.2, 0) is 6.54 Å². The molecule has 0 fully saturated rings. The van der Waals surface area contributed by atoms with Crippen molar-refractivity contribution in [3.63, 3.8) is 0 Å². The standard InChI is InChI=1S/C24H17F2N3/c1-15-6-11-22-19(12-15)24-20(14-29(22)13-17-4-2-3-5-21(17)26)23(27-28-24)16-7-9-18(25)10-8-16/h2-12,14H,13H2,1H3. The molecule has 3 aromatic carbocycles. The number of aromatic nitrogens is 3. The SMILES string of the molecule is Cc1ccc2c(c1)c1nnc(-c3ccc(F)cc3)c-1cn2Cc1ccccc1F. The van der Waals surface area contributed by atoms with Gasteiger partial charge in [-0.25, -0.2) is 8.78 Å². The van der Waals surface area contributed by atoms with E-state index in [2.05, 4.69) is 16.3 Å². The van der Waals surface area contributed by atoms with Gasteiger partial charge in [0.15, 0.2) is 0 Å². The van der Waals surface area contributed by atoms with Crippen molar-refractivity contribution in [2.45, 2.75) is 13.5 Å².